The van der Waals surface area contributed by atoms with E-state index in [0.717, 1.165) is 35.0 Å². The average Bonchev–Trinajstić information content (AvgIpc) is 2.71. The molecule has 0 radical (unpaired) electrons. The lowest BCUT2D eigenvalue weighted by Gasteiger charge is -2.19. The number of hydrogen-bond acceptors (Lipinski definition) is 4. The molecule has 1 heterocycles. The van der Waals surface area contributed by atoms with Gasteiger partial charge in [0.05, 0.1) is 19.2 Å². The molecule has 28 heavy (non-hydrogen) atoms. The minimum absolute atomic E-state index is 0.173. The van der Waals surface area contributed by atoms with Crippen LogP contribution in [-0.2, 0) is 4.79 Å². The van der Waals surface area contributed by atoms with Crippen molar-refractivity contribution in [2.45, 2.75) is 32.1 Å². The van der Waals surface area contributed by atoms with Gasteiger partial charge in [0.1, 0.15) is 0 Å². The number of carbonyl (C=O) groups is 1. The van der Waals surface area contributed by atoms with Crippen LogP contribution in [0.1, 0.15) is 43.4 Å². The van der Waals surface area contributed by atoms with E-state index in [-0.39, 0.29) is 18.2 Å². The van der Waals surface area contributed by atoms with Crippen LogP contribution in [0.25, 0.3) is 10.9 Å². The summed E-state index contributed by atoms with van der Waals surface area (Å²) in [6.07, 6.45) is 2.18. The first kappa shape index (κ1) is 19.7. The van der Waals surface area contributed by atoms with Gasteiger partial charge in [-0.05, 0) is 36.2 Å². The highest BCUT2D eigenvalue weighted by molar-refractivity contribution is 5.79. The number of benzene rings is 2. The molecule has 0 aliphatic carbocycles. The van der Waals surface area contributed by atoms with Gasteiger partial charge < -0.3 is 15.2 Å². The predicted octanol–water partition coefficient (Wildman–Crippen LogP) is 4.43. The zero-order valence-corrected chi connectivity index (χ0v) is 16.4. The lowest BCUT2D eigenvalue weighted by molar-refractivity contribution is -0.118. The minimum atomic E-state index is -0.371. The van der Waals surface area contributed by atoms with Gasteiger partial charge in [-0.1, -0.05) is 43.7 Å². The molecule has 1 unspecified atom stereocenters. The molecular weight excluding hydrogens is 352 g/mol. The normalized spacial score (nSPS) is 11.9. The summed E-state index contributed by atoms with van der Waals surface area (Å²) in [5, 5.41) is 1.06. The Morgan fingerprint density at radius 3 is 2.68 bits per heavy atom. The van der Waals surface area contributed by atoms with Crippen LogP contribution in [0.15, 0.2) is 54.6 Å². The van der Waals surface area contributed by atoms with Gasteiger partial charge in [0.15, 0.2) is 11.5 Å². The molecule has 5 heteroatoms. The van der Waals surface area contributed by atoms with Crippen LogP contribution in [0, 0.1) is 0 Å². The molecule has 1 atom stereocenters. The molecule has 0 spiro atoms. The van der Waals surface area contributed by atoms with Crippen molar-refractivity contribution in [2.75, 3.05) is 13.7 Å². The predicted molar refractivity (Wildman–Crippen MR) is 111 cm³/mol. The number of amides is 1. The number of carbonyl (C=O) groups excluding carboxylic acids is 1. The Balaban J connectivity index is 2.00. The quantitative estimate of drug-likeness (QED) is 0.559. The van der Waals surface area contributed by atoms with Crippen LogP contribution in [0.4, 0.5) is 0 Å². The number of methoxy groups -OCH3 is 1. The molecule has 3 aromatic rings. The monoisotopic (exact) mass is 378 g/mol. The Kier molecular flexibility index (Phi) is 6.48. The van der Waals surface area contributed by atoms with Crippen LogP contribution in [0.3, 0.4) is 0 Å². The number of rotatable bonds is 9. The molecular formula is C23H26N2O3. The van der Waals surface area contributed by atoms with Gasteiger partial charge in [0.25, 0.3) is 0 Å². The molecule has 0 aliphatic rings. The molecule has 5 nitrogen and oxygen atoms in total. The fourth-order valence-electron chi connectivity index (χ4n) is 3.22. The van der Waals surface area contributed by atoms with E-state index >= 15 is 0 Å². The number of nitrogens with zero attached hydrogens (tertiary/aromatic N) is 1. The van der Waals surface area contributed by atoms with Crippen molar-refractivity contribution in [3.05, 3.63) is 65.9 Å². The molecule has 2 aromatic carbocycles. The van der Waals surface area contributed by atoms with Crippen LogP contribution in [0.2, 0.25) is 0 Å². The maximum absolute atomic E-state index is 11.8. The van der Waals surface area contributed by atoms with Gasteiger partial charge in [0.2, 0.25) is 5.91 Å². The Labute approximate surface area is 165 Å². The molecule has 2 N–H and O–H groups in total. The van der Waals surface area contributed by atoms with Crippen molar-refractivity contribution >= 4 is 16.8 Å². The SMILES string of the molecule is CCCCOc1cc(C(CC(N)=O)c2ccc3ccccc3n2)ccc1OC. The van der Waals surface area contributed by atoms with Crippen molar-refractivity contribution in [2.24, 2.45) is 5.73 Å². The summed E-state index contributed by atoms with van der Waals surface area (Å²) in [5.74, 6) is 0.721. The van der Waals surface area contributed by atoms with Crippen molar-refractivity contribution in [3.8, 4) is 11.5 Å². The third-order valence-corrected chi connectivity index (χ3v) is 4.73. The number of nitrogens with two attached hydrogens (primary N) is 1. The number of unbranched alkanes of at least 4 members (excludes halogenated alkanes) is 1. The molecule has 1 aromatic heterocycles. The Hall–Kier alpha value is -3.08. The number of hydrogen-bond donors (Lipinski definition) is 1. The highest BCUT2D eigenvalue weighted by Gasteiger charge is 2.20. The molecule has 3 rings (SSSR count). The molecule has 0 fully saturated rings. The molecule has 0 bridgehead atoms. The van der Waals surface area contributed by atoms with Gasteiger partial charge in [0, 0.05) is 23.4 Å². The van der Waals surface area contributed by atoms with Crippen LogP contribution < -0.4 is 15.2 Å². The smallest absolute Gasteiger partial charge is 0.218 e. The summed E-state index contributed by atoms with van der Waals surface area (Å²) in [6, 6.07) is 17.6. The van der Waals surface area contributed by atoms with Crippen molar-refractivity contribution < 1.29 is 14.3 Å². The second kappa shape index (κ2) is 9.22. The fraction of sp³-hybridized carbons (Fsp3) is 0.304. The van der Waals surface area contributed by atoms with E-state index in [0.29, 0.717) is 18.1 Å². The number of pyridine rings is 1. The highest BCUT2D eigenvalue weighted by Crippen LogP contribution is 2.35. The Morgan fingerprint density at radius 1 is 1.11 bits per heavy atom. The number of primary amides is 1. The van der Waals surface area contributed by atoms with E-state index in [1.165, 1.54) is 0 Å². The van der Waals surface area contributed by atoms with Gasteiger partial charge >= 0.3 is 0 Å². The third-order valence-electron chi connectivity index (χ3n) is 4.73. The van der Waals surface area contributed by atoms with E-state index < -0.39 is 0 Å². The number of para-hydroxylation sites is 1. The van der Waals surface area contributed by atoms with E-state index in [1.807, 2.05) is 54.6 Å². The Morgan fingerprint density at radius 2 is 1.93 bits per heavy atom. The summed E-state index contributed by atoms with van der Waals surface area (Å²) in [6.45, 7) is 2.73. The number of ether oxygens (including phenoxy) is 2. The van der Waals surface area contributed by atoms with Crippen LogP contribution in [0.5, 0.6) is 11.5 Å². The van der Waals surface area contributed by atoms with Crippen molar-refractivity contribution in [3.63, 3.8) is 0 Å². The van der Waals surface area contributed by atoms with Crippen molar-refractivity contribution in [1.82, 2.24) is 4.98 Å². The maximum Gasteiger partial charge on any atom is 0.218 e. The Bertz CT molecular complexity index is 955. The standard InChI is InChI=1S/C23H26N2O3/c1-3-4-13-28-22-14-17(10-12-21(22)27-2)18(15-23(24)26)20-11-9-16-7-5-6-8-19(16)25-20/h5-12,14,18H,3-4,13,15H2,1-2H3,(H2,24,26). The first-order valence-electron chi connectivity index (χ1n) is 9.57. The molecule has 0 aliphatic heterocycles. The van der Waals surface area contributed by atoms with Crippen molar-refractivity contribution in [1.29, 1.82) is 0 Å². The number of aromatic nitrogens is 1. The van der Waals surface area contributed by atoms with Gasteiger partial charge in [-0.3, -0.25) is 9.78 Å². The zero-order chi connectivity index (χ0) is 19.9. The largest absolute Gasteiger partial charge is 0.493 e. The van der Waals surface area contributed by atoms with E-state index in [4.69, 9.17) is 20.2 Å². The molecule has 1 amide bonds. The van der Waals surface area contributed by atoms with E-state index in [9.17, 15) is 4.79 Å². The molecule has 146 valence electrons. The first-order chi connectivity index (χ1) is 13.6. The van der Waals surface area contributed by atoms with E-state index in [1.54, 1.807) is 7.11 Å². The van der Waals surface area contributed by atoms with Crippen LogP contribution >= 0.6 is 0 Å². The van der Waals surface area contributed by atoms with Gasteiger partial charge in [-0.25, -0.2) is 0 Å². The lowest BCUT2D eigenvalue weighted by atomic mass is 9.91. The summed E-state index contributed by atoms with van der Waals surface area (Å²) >= 11 is 0. The minimum Gasteiger partial charge on any atom is -0.493 e. The molecule has 0 saturated heterocycles. The molecule has 0 saturated carbocycles. The lowest BCUT2D eigenvalue weighted by Crippen LogP contribution is -2.17. The highest BCUT2D eigenvalue weighted by atomic mass is 16.5. The van der Waals surface area contributed by atoms with Gasteiger partial charge in [-0.15, -0.1) is 0 Å². The zero-order valence-electron chi connectivity index (χ0n) is 16.4. The first-order valence-corrected chi connectivity index (χ1v) is 9.57. The average molecular weight is 378 g/mol. The number of fused-ring (bicyclic) bond motifs is 1. The topological polar surface area (TPSA) is 74.4 Å². The van der Waals surface area contributed by atoms with E-state index in [2.05, 4.69) is 6.92 Å². The third kappa shape index (κ3) is 4.60. The summed E-state index contributed by atoms with van der Waals surface area (Å²) < 4.78 is 11.3. The summed E-state index contributed by atoms with van der Waals surface area (Å²) in [4.78, 5) is 16.6. The van der Waals surface area contributed by atoms with Gasteiger partial charge in [-0.2, -0.15) is 0 Å². The van der Waals surface area contributed by atoms with Crippen LogP contribution in [-0.4, -0.2) is 24.6 Å². The summed E-state index contributed by atoms with van der Waals surface area (Å²) in [7, 11) is 1.62. The fourth-order valence-corrected chi connectivity index (χ4v) is 3.22. The summed E-state index contributed by atoms with van der Waals surface area (Å²) in [5.41, 5.74) is 8.17. The second-order valence-electron chi connectivity index (χ2n) is 6.76. The maximum atomic E-state index is 11.8. The second-order valence-corrected chi connectivity index (χ2v) is 6.76.